The lowest BCUT2D eigenvalue weighted by Gasteiger charge is -1.96. The molecular weight excluding hydrogens is 166 g/mol. The molecule has 0 aliphatic heterocycles. The Morgan fingerprint density at radius 1 is 1.75 bits per heavy atom. The number of halogens is 3. The van der Waals surface area contributed by atoms with Crippen LogP contribution in [0.25, 0.3) is 0 Å². The molecule has 0 bridgehead atoms. The molecule has 0 N–H and O–H groups in total. The van der Waals surface area contributed by atoms with Gasteiger partial charge in [-0.1, -0.05) is 23.2 Å². The van der Waals surface area contributed by atoms with Crippen LogP contribution >= 0.6 is 34.8 Å². The summed E-state index contributed by atoms with van der Waals surface area (Å²) in [5.74, 6) is 0. The lowest BCUT2D eigenvalue weighted by molar-refractivity contribution is 0.956. The van der Waals surface area contributed by atoms with Gasteiger partial charge in [-0.25, -0.2) is 0 Å². The van der Waals surface area contributed by atoms with Crippen molar-refractivity contribution in [2.75, 3.05) is 0 Å². The SMILES string of the molecule is CC(Cl)C/C(Cl)=C\Cl. The van der Waals surface area contributed by atoms with E-state index in [1.807, 2.05) is 6.92 Å². The van der Waals surface area contributed by atoms with Crippen molar-refractivity contribution in [2.24, 2.45) is 0 Å². The van der Waals surface area contributed by atoms with E-state index in [1.54, 1.807) is 0 Å². The van der Waals surface area contributed by atoms with Gasteiger partial charge in [0.1, 0.15) is 0 Å². The van der Waals surface area contributed by atoms with Crippen molar-refractivity contribution in [3.63, 3.8) is 0 Å². The van der Waals surface area contributed by atoms with E-state index in [0.29, 0.717) is 11.5 Å². The van der Waals surface area contributed by atoms with Crippen LogP contribution in [0.3, 0.4) is 0 Å². The fraction of sp³-hybridized carbons (Fsp3) is 0.600. The minimum atomic E-state index is 0.0671. The van der Waals surface area contributed by atoms with Crippen LogP contribution in [-0.4, -0.2) is 5.38 Å². The maximum atomic E-state index is 5.57. The monoisotopic (exact) mass is 172 g/mol. The zero-order valence-corrected chi connectivity index (χ0v) is 6.76. The van der Waals surface area contributed by atoms with Crippen molar-refractivity contribution < 1.29 is 0 Å². The van der Waals surface area contributed by atoms with Gasteiger partial charge in [0.05, 0.1) is 0 Å². The molecule has 0 fully saturated rings. The second-order valence-electron chi connectivity index (χ2n) is 1.54. The summed E-state index contributed by atoms with van der Waals surface area (Å²) >= 11 is 16.3. The van der Waals surface area contributed by atoms with Crippen LogP contribution in [0.1, 0.15) is 13.3 Å². The quantitative estimate of drug-likeness (QED) is 0.562. The highest BCUT2D eigenvalue weighted by atomic mass is 35.5. The van der Waals surface area contributed by atoms with Crippen molar-refractivity contribution in [1.29, 1.82) is 0 Å². The summed E-state index contributed by atoms with van der Waals surface area (Å²) in [5.41, 5.74) is 1.33. The molecule has 0 aromatic heterocycles. The summed E-state index contributed by atoms with van der Waals surface area (Å²) in [6, 6.07) is 0. The van der Waals surface area contributed by atoms with Crippen molar-refractivity contribution in [1.82, 2.24) is 0 Å². The summed E-state index contributed by atoms with van der Waals surface area (Å²) in [7, 11) is 0. The molecule has 0 radical (unpaired) electrons. The number of rotatable bonds is 2. The van der Waals surface area contributed by atoms with Crippen LogP contribution in [0.15, 0.2) is 10.6 Å². The normalized spacial score (nSPS) is 16.2. The average Bonchev–Trinajstić information content (AvgIpc) is 1.65. The van der Waals surface area contributed by atoms with E-state index in [4.69, 9.17) is 34.8 Å². The molecule has 0 aromatic rings. The van der Waals surface area contributed by atoms with Crippen molar-refractivity contribution in [3.05, 3.63) is 10.6 Å². The van der Waals surface area contributed by atoms with E-state index in [2.05, 4.69) is 0 Å². The van der Waals surface area contributed by atoms with Crippen molar-refractivity contribution in [2.45, 2.75) is 18.7 Å². The van der Waals surface area contributed by atoms with E-state index in [9.17, 15) is 0 Å². The third-order valence-corrected chi connectivity index (χ3v) is 1.39. The average molecular weight is 173 g/mol. The van der Waals surface area contributed by atoms with Crippen LogP contribution < -0.4 is 0 Å². The Bertz CT molecular complexity index is 85.7. The topological polar surface area (TPSA) is 0 Å². The van der Waals surface area contributed by atoms with Gasteiger partial charge in [-0.05, 0) is 6.92 Å². The largest absolute Gasteiger partial charge is 0.123 e. The molecule has 8 heavy (non-hydrogen) atoms. The van der Waals surface area contributed by atoms with Gasteiger partial charge in [0.15, 0.2) is 0 Å². The van der Waals surface area contributed by atoms with E-state index in [-0.39, 0.29) is 5.38 Å². The minimum Gasteiger partial charge on any atom is -0.123 e. The molecule has 0 saturated carbocycles. The third-order valence-electron chi connectivity index (χ3n) is 0.595. The molecule has 1 atom stereocenters. The summed E-state index contributed by atoms with van der Waals surface area (Å²) in [6.45, 7) is 1.87. The maximum Gasteiger partial charge on any atom is 0.0357 e. The molecule has 0 nitrogen and oxygen atoms in total. The van der Waals surface area contributed by atoms with Crippen molar-refractivity contribution in [3.8, 4) is 0 Å². The number of allylic oxidation sites excluding steroid dienone is 1. The standard InChI is InChI=1S/C5H7Cl3/c1-4(7)2-5(8)3-6/h3-4H,2H2,1H3/b5-3+. The Hall–Kier alpha value is 0.610. The number of alkyl halides is 1. The van der Waals surface area contributed by atoms with Gasteiger partial charge in [0.2, 0.25) is 0 Å². The first kappa shape index (κ1) is 8.61. The smallest absolute Gasteiger partial charge is 0.0357 e. The first-order chi connectivity index (χ1) is 3.66. The summed E-state index contributed by atoms with van der Waals surface area (Å²) < 4.78 is 0. The highest BCUT2D eigenvalue weighted by Gasteiger charge is 1.97. The fourth-order valence-electron chi connectivity index (χ4n) is 0.313. The molecule has 3 heteroatoms. The Kier molecular flexibility index (Phi) is 4.83. The van der Waals surface area contributed by atoms with E-state index in [0.717, 1.165) is 0 Å². The van der Waals surface area contributed by atoms with E-state index in [1.165, 1.54) is 5.54 Å². The van der Waals surface area contributed by atoms with E-state index < -0.39 is 0 Å². The van der Waals surface area contributed by atoms with Gasteiger partial charge < -0.3 is 0 Å². The molecule has 0 aromatic carbocycles. The Labute approximate surface area is 64.4 Å². The predicted molar refractivity (Wildman–Crippen MR) is 39.7 cm³/mol. The molecule has 1 unspecified atom stereocenters. The zero-order valence-electron chi connectivity index (χ0n) is 4.50. The summed E-state index contributed by atoms with van der Waals surface area (Å²) in [6.07, 6.45) is 0.645. The summed E-state index contributed by atoms with van der Waals surface area (Å²) in [4.78, 5) is 0. The Balaban J connectivity index is 3.39. The van der Waals surface area contributed by atoms with Crippen LogP contribution in [0, 0.1) is 0 Å². The van der Waals surface area contributed by atoms with Gasteiger partial charge in [-0.3, -0.25) is 0 Å². The molecule has 48 valence electrons. The highest BCUT2D eigenvalue weighted by Crippen LogP contribution is 2.14. The zero-order chi connectivity index (χ0) is 6.57. The summed E-state index contributed by atoms with van der Waals surface area (Å²) in [5, 5.41) is 0.673. The fourth-order valence-corrected chi connectivity index (χ4v) is 0.879. The maximum absolute atomic E-state index is 5.57. The van der Waals surface area contributed by atoms with Crippen LogP contribution in [0.5, 0.6) is 0 Å². The lowest BCUT2D eigenvalue weighted by Crippen LogP contribution is -1.87. The van der Waals surface area contributed by atoms with Gasteiger partial charge in [0, 0.05) is 22.4 Å². The highest BCUT2D eigenvalue weighted by molar-refractivity contribution is 6.36. The van der Waals surface area contributed by atoms with E-state index >= 15 is 0 Å². The van der Waals surface area contributed by atoms with Crippen LogP contribution in [0.2, 0.25) is 0 Å². The molecule has 0 saturated heterocycles. The molecule has 0 rings (SSSR count). The second kappa shape index (κ2) is 4.49. The second-order valence-corrected chi connectivity index (χ2v) is 2.99. The van der Waals surface area contributed by atoms with Gasteiger partial charge in [-0.2, -0.15) is 0 Å². The predicted octanol–water partition coefficient (Wildman–Crippen LogP) is 3.32. The third kappa shape index (κ3) is 4.76. The first-order valence-corrected chi connectivity index (χ1v) is 3.50. The number of hydrogen-bond donors (Lipinski definition) is 0. The molecule has 0 aliphatic rings. The Morgan fingerprint density at radius 3 is 2.38 bits per heavy atom. The first-order valence-electron chi connectivity index (χ1n) is 2.25. The van der Waals surface area contributed by atoms with Gasteiger partial charge in [0.25, 0.3) is 0 Å². The molecule has 0 spiro atoms. The number of hydrogen-bond acceptors (Lipinski definition) is 0. The lowest BCUT2D eigenvalue weighted by atomic mass is 10.3. The van der Waals surface area contributed by atoms with Crippen molar-refractivity contribution >= 4 is 34.8 Å². The molecule has 0 heterocycles. The molecular formula is C5H7Cl3. The van der Waals surface area contributed by atoms with Crippen LogP contribution in [0.4, 0.5) is 0 Å². The van der Waals surface area contributed by atoms with Gasteiger partial charge in [-0.15, -0.1) is 11.6 Å². The van der Waals surface area contributed by atoms with Gasteiger partial charge >= 0.3 is 0 Å². The van der Waals surface area contributed by atoms with Crippen LogP contribution in [-0.2, 0) is 0 Å². The molecule has 0 amide bonds. The molecule has 0 aliphatic carbocycles. The Morgan fingerprint density at radius 2 is 2.25 bits per heavy atom. The minimum absolute atomic E-state index is 0.0671.